The quantitative estimate of drug-likeness (QED) is 0.876. The molecular weight excluding hydrogens is 316 g/mol. The van der Waals surface area contributed by atoms with Crippen LogP contribution in [0.15, 0.2) is 22.7 Å². The lowest BCUT2D eigenvalue weighted by Gasteiger charge is -2.35. The Bertz CT molecular complexity index is 430. The van der Waals surface area contributed by atoms with E-state index >= 15 is 0 Å². The van der Waals surface area contributed by atoms with Gasteiger partial charge < -0.3 is 15.0 Å². The van der Waals surface area contributed by atoms with Gasteiger partial charge in [0, 0.05) is 16.6 Å². The minimum atomic E-state index is 0.484. The maximum atomic E-state index is 5.30. The van der Waals surface area contributed by atoms with E-state index in [0.717, 1.165) is 21.8 Å². The molecule has 0 aliphatic carbocycles. The van der Waals surface area contributed by atoms with Crippen LogP contribution in [-0.2, 0) is 0 Å². The van der Waals surface area contributed by atoms with Gasteiger partial charge in [-0.25, -0.2) is 0 Å². The van der Waals surface area contributed by atoms with Crippen molar-refractivity contribution in [2.45, 2.75) is 32.7 Å². The van der Waals surface area contributed by atoms with Crippen molar-refractivity contribution in [3.05, 3.63) is 22.7 Å². The summed E-state index contributed by atoms with van der Waals surface area (Å²) in [5.41, 5.74) is 1.12. The van der Waals surface area contributed by atoms with Crippen molar-refractivity contribution in [2.75, 3.05) is 32.1 Å². The largest absolute Gasteiger partial charge is 0.497 e. The lowest BCUT2D eigenvalue weighted by molar-refractivity contribution is 0.183. The molecule has 1 fully saturated rings. The monoisotopic (exact) mass is 340 g/mol. The number of rotatable bonds is 5. The highest BCUT2D eigenvalue weighted by Crippen LogP contribution is 2.30. The third-order valence-electron chi connectivity index (χ3n) is 4.34. The fraction of sp³-hybridized carbons (Fsp3) is 0.625. The van der Waals surface area contributed by atoms with Crippen molar-refractivity contribution < 1.29 is 4.74 Å². The summed E-state index contributed by atoms with van der Waals surface area (Å²) in [6.07, 6.45) is 2.56. The van der Waals surface area contributed by atoms with Crippen LogP contribution < -0.4 is 10.1 Å². The van der Waals surface area contributed by atoms with Crippen LogP contribution in [0.1, 0.15) is 26.7 Å². The number of anilines is 1. The number of halogens is 1. The van der Waals surface area contributed by atoms with E-state index in [-0.39, 0.29) is 0 Å². The van der Waals surface area contributed by atoms with Gasteiger partial charge in [0.15, 0.2) is 0 Å². The molecule has 1 heterocycles. The molecule has 1 aromatic rings. The number of benzene rings is 1. The van der Waals surface area contributed by atoms with Crippen molar-refractivity contribution in [2.24, 2.45) is 5.92 Å². The van der Waals surface area contributed by atoms with Crippen LogP contribution in [0.5, 0.6) is 5.75 Å². The Labute approximate surface area is 130 Å². The summed E-state index contributed by atoms with van der Waals surface area (Å²) in [4.78, 5) is 2.53. The highest BCUT2D eigenvalue weighted by molar-refractivity contribution is 9.10. The van der Waals surface area contributed by atoms with Crippen molar-refractivity contribution in [3.63, 3.8) is 0 Å². The van der Waals surface area contributed by atoms with E-state index in [2.05, 4.69) is 46.1 Å². The molecule has 112 valence electrons. The van der Waals surface area contributed by atoms with Crippen LogP contribution >= 0.6 is 15.9 Å². The molecule has 0 saturated carbocycles. The van der Waals surface area contributed by atoms with Crippen LogP contribution in [0.2, 0.25) is 0 Å². The lowest BCUT2D eigenvalue weighted by atomic mass is 9.90. The van der Waals surface area contributed by atoms with E-state index in [1.807, 2.05) is 12.1 Å². The number of nitrogens with zero attached hydrogens (tertiary/aromatic N) is 1. The van der Waals surface area contributed by atoms with Gasteiger partial charge in [0.2, 0.25) is 0 Å². The topological polar surface area (TPSA) is 24.5 Å². The second kappa shape index (κ2) is 7.32. The molecule has 1 saturated heterocycles. The number of hydrogen-bond acceptors (Lipinski definition) is 3. The Morgan fingerprint density at radius 2 is 2.10 bits per heavy atom. The van der Waals surface area contributed by atoms with Crippen LogP contribution in [0, 0.1) is 5.92 Å². The van der Waals surface area contributed by atoms with E-state index in [1.165, 1.54) is 32.5 Å². The number of hydrogen-bond donors (Lipinski definition) is 1. The number of nitrogens with one attached hydrogen (secondary N) is 1. The SMILES string of the molecule is CCN1CCC(C(C)Nc2cc(OC)ccc2Br)CC1. The number of methoxy groups -OCH3 is 1. The van der Waals surface area contributed by atoms with E-state index in [4.69, 9.17) is 4.74 Å². The minimum Gasteiger partial charge on any atom is -0.497 e. The molecule has 1 aliphatic heterocycles. The van der Waals surface area contributed by atoms with Crippen molar-refractivity contribution in [1.29, 1.82) is 0 Å². The predicted molar refractivity (Wildman–Crippen MR) is 88.6 cm³/mol. The molecule has 1 N–H and O–H groups in total. The normalized spacial score (nSPS) is 18.8. The zero-order valence-electron chi connectivity index (χ0n) is 12.7. The first-order valence-corrected chi connectivity index (χ1v) is 8.25. The van der Waals surface area contributed by atoms with Crippen LogP contribution in [-0.4, -0.2) is 37.7 Å². The van der Waals surface area contributed by atoms with Crippen LogP contribution in [0.25, 0.3) is 0 Å². The van der Waals surface area contributed by atoms with Gasteiger partial charge in [-0.1, -0.05) is 6.92 Å². The Morgan fingerprint density at radius 1 is 1.40 bits per heavy atom. The van der Waals surface area contributed by atoms with Gasteiger partial charge in [-0.05, 0) is 73.4 Å². The van der Waals surface area contributed by atoms with E-state index in [1.54, 1.807) is 7.11 Å². The Balaban J connectivity index is 1.96. The molecule has 0 amide bonds. The summed E-state index contributed by atoms with van der Waals surface area (Å²) in [5, 5.41) is 3.64. The lowest BCUT2D eigenvalue weighted by Crippen LogP contribution is -2.39. The van der Waals surface area contributed by atoms with E-state index in [9.17, 15) is 0 Å². The Kier molecular flexibility index (Phi) is 5.73. The summed E-state index contributed by atoms with van der Waals surface area (Å²) in [5.74, 6) is 1.64. The first-order valence-electron chi connectivity index (χ1n) is 7.46. The molecule has 1 aromatic carbocycles. The van der Waals surface area contributed by atoms with E-state index in [0.29, 0.717) is 6.04 Å². The van der Waals surface area contributed by atoms with Gasteiger partial charge in [0.05, 0.1) is 12.8 Å². The molecule has 4 heteroatoms. The summed E-state index contributed by atoms with van der Waals surface area (Å²) >= 11 is 3.61. The summed E-state index contributed by atoms with van der Waals surface area (Å²) in [6, 6.07) is 6.55. The second-order valence-corrected chi connectivity index (χ2v) is 6.40. The highest BCUT2D eigenvalue weighted by Gasteiger charge is 2.23. The number of piperidine rings is 1. The third kappa shape index (κ3) is 3.89. The minimum absolute atomic E-state index is 0.484. The first-order chi connectivity index (χ1) is 9.63. The Hall–Kier alpha value is -0.740. The van der Waals surface area contributed by atoms with Crippen LogP contribution in [0.3, 0.4) is 0 Å². The molecule has 0 aromatic heterocycles. The Morgan fingerprint density at radius 3 is 2.70 bits per heavy atom. The van der Waals surface area contributed by atoms with Crippen molar-refractivity contribution in [1.82, 2.24) is 4.90 Å². The maximum absolute atomic E-state index is 5.30. The molecule has 1 unspecified atom stereocenters. The predicted octanol–water partition coefficient (Wildman–Crippen LogP) is 3.99. The molecule has 3 nitrogen and oxygen atoms in total. The van der Waals surface area contributed by atoms with Crippen molar-refractivity contribution >= 4 is 21.6 Å². The van der Waals surface area contributed by atoms with Gasteiger partial charge in [0.1, 0.15) is 5.75 Å². The molecule has 1 aliphatic rings. The molecule has 0 radical (unpaired) electrons. The number of likely N-dealkylation sites (tertiary alicyclic amines) is 1. The summed E-state index contributed by atoms with van der Waals surface area (Å²) in [7, 11) is 1.71. The summed E-state index contributed by atoms with van der Waals surface area (Å²) in [6.45, 7) is 8.17. The van der Waals surface area contributed by atoms with Gasteiger partial charge in [-0.3, -0.25) is 0 Å². The van der Waals surface area contributed by atoms with Gasteiger partial charge in [0.25, 0.3) is 0 Å². The number of ether oxygens (including phenoxy) is 1. The molecule has 20 heavy (non-hydrogen) atoms. The van der Waals surface area contributed by atoms with E-state index < -0.39 is 0 Å². The zero-order chi connectivity index (χ0) is 14.5. The average Bonchev–Trinajstić information content (AvgIpc) is 2.49. The highest BCUT2D eigenvalue weighted by atomic mass is 79.9. The molecule has 1 atom stereocenters. The van der Waals surface area contributed by atoms with Crippen molar-refractivity contribution in [3.8, 4) is 5.75 Å². The molecule has 2 rings (SSSR count). The second-order valence-electron chi connectivity index (χ2n) is 5.55. The average molecular weight is 341 g/mol. The molecule has 0 spiro atoms. The van der Waals surface area contributed by atoms with Gasteiger partial charge >= 0.3 is 0 Å². The summed E-state index contributed by atoms with van der Waals surface area (Å²) < 4.78 is 6.39. The fourth-order valence-electron chi connectivity index (χ4n) is 2.87. The first kappa shape index (κ1) is 15.6. The molecular formula is C16H25BrN2O. The molecule has 0 bridgehead atoms. The third-order valence-corrected chi connectivity index (χ3v) is 5.03. The standard InChI is InChI=1S/C16H25BrN2O/c1-4-19-9-7-13(8-10-19)12(2)18-16-11-14(20-3)5-6-15(16)17/h5-6,11-13,18H,4,7-10H2,1-3H3. The fourth-order valence-corrected chi connectivity index (χ4v) is 3.24. The smallest absolute Gasteiger partial charge is 0.121 e. The van der Waals surface area contributed by atoms with Gasteiger partial charge in [-0.2, -0.15) is 0 Å². The van der Waals surface area contributed by atoms with Crippen LogP contribution in [0.4, 0.5) is 5.69 Å². The van der Waals surface area contributed by atoms with Gasteiger partial charge in [-0.15, -0.1) is 0 Å². The maximum Gasteiger partial charge on any atom is 0.121 e. The zero-order valence-corrected chi connectivity index (χ0v) is 14.2.